The highest BCUT2D eigenvalue weighted by Crippen LogP contribution is 2.24. The molecule has 0 bridgehead atoms. The van der Waals surface area contributed by atoms with E-state index in [2.05, 4.69) is 20.6 Å². The first-order valence-electron chi connectivity index (χ1n) is 7.51. The van der Waals surface area contributed by atoms with Crippen LogP contribution in [-0.2, 0) is 6.42 Å². The number of rotatable bonds is 5. The number of thiazole rings is 1. The lowest BCUT2D eigenvalue weighted by Crippen LogP contribution is -2.28. The summed E-state index contributed by atoms with van der Waals surface area (Å²) in [6.45, 7) is 2.73. The molecule has 0 radical (unpaired) electrons. The highest BCUT2D eigenvalue weighted by atomic mass is 32.1. The van der Waals surface area contributed by atoms with E-state index in [-0.39, 0.29) is 0 Å². The maximum absolute atomic E-state index is 11.7. The standard InChI is InChI=1S/C16H19N3O2S/c20-16(21-14-6-2-1-3-7-14)17-9-8-13-12-22-15(18-13)19-10-4-5-11-19/h1-3,6-7,12H,4-5,8-11H2,(H,17,20). The number of benzene rings is 1. The van der Waals surface area contributed by atoms with Crippen LogP contribution < -0.4 is 15.0 Å². The molecule has 0 atom stereocenters. The fourth-order valence-electron chi connectivity index (χ4n) is 2.39. The van der Waals surface area contributed by atoms with Crippen LogP contribution in [0.5, 0.6) is 5.75 Å². The number of carbonyl (C=O) groups excluding carboxylic acids is 1. The summed E-state index contributed by atoms with van der Waals surface area (Å²) in [6.07, 6.45) is 2.79. The van der Waals surface area contributed by atoms with E-state index in [1.165, 1.54) is 12.8 Å². The topological polar surface area (TPSA) is 54.5 Å². The van der Waals surface area contributed by atoms with Gasteiger partial charge in [-0.15, -0.1) is 11.3 Å². The largest absolute Gasteiger partial charge is 0.412 e. The van der Waals surface area contributed by atoms with Gasteiger partial charge in [-0.25, -0.2) is 9.78 Å². The van der Waals surface area contributed by atoms with Crippen molar-refractivity contribution in [3.8, 4) is 5.75 Å². The van der Waals surface area contributed by atoms with Gasteiger partial charge in [0, 0.05) is 31.4 Å². The van der Waals surface area contributed by atoms with Gasteiger partial charge in [-0.3, -0.25) is 0 Å². The summed E-state index contributed by atoms with van der Waals surface area (Å²) in [5.74, 6) is 0.546. The van der Waals surface area contributed by atoms with Crippen LogP contribution in [0.25, 0.3) is 0 Å². The molecule has 116 valence electrons. The van der Waals surface area contributed by atoms with Gasteiger partial charge in [0.1, 0.15) is 5.75 Å². The number of nitrogens with zero attached hydrogens (tertiary/aromatic N) is 2. The number of nitrogens with one attached hydrogen (secondary N) is 1. The van der Waals surface area contributed by atoms with Crippen molar-refractivity contribution in [1.29, 1.82) is 0 Å². The molecule has 22 heavy (non-hydrogen) atoms. The molecule has 1 aliphatic rings. The smallest absolute Gasteiger partial charge is 0.410 e. The Hall–Kier alpha value is -2.08. The van der Waals surface area contributed by atoms with E-state index in [0.29, 0.717) is 18.7 Å². The monoisotopic (exact) mass is 317 g/mol. The van der Waals surface area contributed by atoms with Crippen molar-refractivity contribution < 1.29 is 9.53 Å². The first-order chi connectivity index (χ1) is 10.8. The maximum atomic E-state index is 11.7. The van der Waals surface area contributed by atoms with Gasteiger partial charge < -0.3 is 15.0 Å². The van der Waals surface area contributed by atoms with Gasteiger partial charge in [-0.1, -0.05) is 18.2 Å². The number of aromatic nitrogens is 1. The first-order valence-corrected chi connectivity index (χ1v) is 8.39. The van der Waals surface area contributed by atoms with Crippen LogP contribution in [0.2, 0.25) is 0 Å². The predicted molar refractivity (Wildman–Crippen MR) is 87.7 cm³/mol. The lowest BCUT2D eigenvalue weighted by molar-refractivity contribution is 0.200. The highest BCUT2D eigenvalue weighted by molar-refractivity contribution is 7.13. The van der Waals surface area contributed by atoms with Crippen molar-refractivity contribution in [2.75, 3.05) is 24.5 Å². The van der Waals surface area contributed by atoms with E-state index in [4.69, 9.17) is 4.74 Å². The normalized spacial score (nSPS) is 14.1. The third kappa shape index (κ3) is 3.98. The molecule has 1 amide bonds. The number of hydrogen-bond acceptors (Lipinski definition) is 5. The fraction of sp³-hybridized carbons (Fsp3) is 0.375. The van der Waals surface area contributed by atoms with E-state index in [1.807, 2.05) is 18.2 Å². The van der Waals surface area contributed by atoms with E-state index >= 15 is 0 Å². The third-order valence-electron chi connectivity index (χ3n) is 3.52. The molecule has 1 aliphatic heterocycles. The van der Waals surface area contributed by atoms with Crippen LogP contribution in [-0.4, -0.2) is 30.7 Å². The van der Waals surface area contributed by atoms with Gasteiger partial charge in [-0.05, 0) is 25.0 Å². The Labute approximate surface area is 133 Å². The second-order valence-corrected chi connectivity index (χ2v) is 6.03. The quantitative estimate of drug-likeness (QED) is 0.921. The molecule has 1 aromatic carbocycles. The number of para-hydroxylation sites is 1. The molecule has 1 N–H and O–H groups in total. The predicted octanol–water partition coefficient (Wildman–Crippen LogP) is 3.07. The molecule has 2 aromatic rings. The minimum absolute atomic E-state index is 0.429. The Bertz CT molecular complexity index is 609. The Balaban J connectivity index is 1.42. The lowest BCUT2D eigenvalue weighted by atomic mass is 10.3. The Morgan fingerprint density at radius 2 is 2.05 bits per heavy atom. The number of hydrogen-bond donors (Lipinski definition) is 1. The van der Waals surface area contributed by atoms with Gasteiger partial charge in [0.25, 0.3) is 0 Å². The lowest BCUT2D eigenvalue weighted by Gasteiger charge is -2.12. The van der Waals surface area contributed by atoms with Crippen LogP contribution in [0.3, 0.4) is 0 Å². The summed E-state index contributed by atoms with van der Waals surface area (Å²) in [4.78, 5) is 18.6. The molecule has 0 saturated carbocycles. The molecule has 1 aromatic heterocycles. The minimum Gasteiger partial charge on any atom is -0.410 e. The molecule has 1 fully saturated rings. The maximum Gasteiger partial charge on any atom is 0.412 e. The van der Waals surface area contributed by atoms with Crippen LogP contribution in [0.4, 0.5) is 9.93 Å². The van der Waals surface area contributed by atoms with Crippen molar-refractivity contribution in [2.24, 2.45) is 0 Å². The van der Waals surface area contributed by atoms with Crippen molar-refractivity contribution in [3.63, 3.8) is 0 Å². The zero-order valence-corrected chi connectivity index (χ0v) is 13.1. The first kappa shape index (κ1) is 14.8. The fourth-order valence-corrected chi connectivity index (χ4v) is 3.30. The average molecular weight is 317 g/mol. The minimum atomic E-state index is -0.429. The van der Waals surface area contributed by atoms with E-state index in [0.717, 1.165) is 23.9 Å². The van der Waals surface area contributed by atoms with Gasteiger partial charge in [-0.2, -0.15) is 0 Å². The highest BCUT2D eigenvalue weighted by Gasteiger charge is 2.15. The summed E-state index contributed by atoms with van der Waals surface area (Å²) >= 11 is 1.68. The van der Waals surface area contributed by atoms with Crippen molar-refractivity contribution in [2.45, 2.75) is 19.3 Å². The summed E-state index contributed by atoms with van der Waals surface area (Å²) in [6, 6.07) is 9.05. The Morgan fingerprint density at radius 1 is 1.27 bits per heavy atom. The summed E-state index contributed by atoms with van der Waals surface area (Å²) in [7, 11) is 0. The molecule has 6 heteroatoms. The van der Waals surface area contributed by atoms with Gasteiger partial charge in [0.05, 0.1) is 5.69 Å². The number of amides is 1. The molecule has 2 heterocycles. The van der Waals surface area contributed by atoms with Crippen molar-refractivity contribution >= 4 is 22.6 Å². The van der Waals surface area contributed by atoms with Crippen LogP contribution in [0.15, 0.2) is 35.7 Å². The molecule has 0 spiro atoms. The van der Waals surface area contributed by atoms with Gasteiger partial charge in [0.15, 0.2) is 5.13 Å². The van der Waals surface area contributed by atoms with Gasteiger partial charge >= 0.3 is 6.09 Å². The molecule has 1 saturated heterocycles. The summed E-state index contributed by atoms with van der Waals surface area (Å²) in [5, 5.41) is 5.91. The van der Waals surface area contributed by atoms with E-state index in [9.17, 15) is 4.79 Å². The van der Waals surface area contributed by atoms with Crippen LogP contribution in [0, 0.1) is 0 Å². The molecular weight excluding hydrogens is 298 g/mol. The molecule has 0 aliphatic carbocycles. The zero-order valence-electron chi connectivity index (χ0n) is 12.3. The number of anilines is 1. The van der Waals surface area contributed by atoms with E-state index < -0.39 is 6.09 Å². The van der Waals surface area contributed by atoms with Gasteiger partial charge in [0.2, 0.25) is 0 Å². The zero-order chi connectivity index (χ0) is 15.2. The molecule has 0 unspecified atom stereocenters. The third-order valence-corrected chi connectivity index (χ3v) is 4.47. The SMILES string of the molecule is O=C(NCCc1csc(N2CCCC2)n1)Oc1ccccc1. The molecule has 5 nitrogen and oxygen atoms in total. The number of ether oxygens (including phenoxy) is 1. The van der Waals surface area contributed by atoms with Crippen molar-refractivity contribution in [1.82, 2.24) is 10.3 Å². The van der Waals surface area contributed by atoms with Crippen molar-refractivity contribution in [3.05, 3.63) is 41.4 Å². The summed E-state index contributed by atoms with van der Waals surface area (Å²) < 4.78 is 5.16. The second-order valence-electron chi connectivity index (χ2n) is 5.19. The van der Waals surface area contributed by atoms with E-state index in [1.54, 1.807) is 23.5 Å². The number of carbonyl (C=O) groups is 1. The Kier molecular flexibility index (Phi) is 4.90. The Morgan fingerprint density at radius 3 is 2.82 bits per heavy atom. The molecular formula is C16H19N3O2S. The van der Waals surface area contributed by atoms with Crippen LogP contribution in [0.1, 0.15) is 18.5 Å². The average Bonchev–Trinajstić information content (AvgIpc) is 3.19. The molecule has 3 rings (SSSR count). The van der Waals surface area contributed by atoms with Crippen LogP contribution >= 0.6 is 11.3 Å². The summed E-state index contributed by atoms with van der Waals surface area (Å²) in [5.41, 5.74) is 1.02. The second kappa shape index (κ2) is 7.26.